The number of carboxylic acids is 1. The molecule has 1 aliphatic rings. The molecule has 0 aliphatic heterocycles. The van der Waals surface area contributed by atoms with Crippen LogP contribution < -0.4 is 5.32 Å². The number of aliphatic carboxylic acids is 1. The van der Waals surface area contributed by atoms with Gasteiger partial charge in [-0.2, -0.15) is 5.26 Å². The van der Waals surface area contributed by atoms with Gasteiger partial charge < -0.3 is 10.4 Å². The average Bonchev–Trinajstić information content (AvgIpc) is 2.46. The largest absolute Gasteiger partial charge is 0.481 e. The van der Waals surface area contributed by atoms with E-state index in [-0.39, 0.29) is 0 Å². The summed E-state index contributed by atoms with van der Waals surface area (Å²) < 4.78 is 0. The summed E-state index contributed by atoms with van der Waals surface area (Å²) in [5.41, 5.74) is 0.488. The molecule has 4 nitrogen and oxygen atoms in total. The fourth-order valence-corrected chi connectivity index (χ4v) is 2.90. The molecule has 0 bridgehead atoms. The van der Waals surface area contributed by atoms with E-state index in [1.165, 1.54) is 0 Å². The van der Waals surface area contributed by atoms with Crippen LogP contribution in [0.2, 0.25) is 5.02 Å². The molecule has 2 N–H and O–H groups in total. The first kappa shape index (κ1) is 14.7. The van der Waals surface area contributed by atoms with Crippen molar-refractivity contribution in [3.63, 3.8) is 0 Å². The maximum atomic E-state index is 11.6. The van der Waals surface area contributed by atoms with Crippen LogP contribution >= 0.6 is 11.6 Å². The Kier molecular flexibility index (Phi) is 4.51. The lowest BCUT2D eigenvalue weighted by Gasteiger charge is -2.33. The fraction of sp³-hybridized carbons (Fsp3) is 0.467. The highest BCUT2D eigenvalue weighted by atomic mass is 35.5. The molecule has 5 heteroatoms. The molecule has 20 heavy (non-hydrogen) atoms. The molecule has 1 aliphatic carbocycles. The van der Waals surface area contributed by atoms with E-state index in [1.807, 2.05) is 6.07 Å². The van der Waals surface area contributed by atoms with Gasteiger partial charge in [0.15, 0.2) is 0 Å². The molecule has 1 aromatic carbocycles. The van der Waals surface area contributed by atoms with Gasteiger partial charge in [-0.15, -0.1) is 0 Å². The number of benzene rings is 1. The Labute approximate surface area is 123 Å². The Bertz CT molecular complexity index is 545. The van der Waals surface area contributed by atoms with E-state index in [1.54, 1.807) is 18.2 Å². The summed E-state index contributed by atoms with van der Waals surface area (Å²) in [6.45, 7) is 0.393. The molecule has 0 unspecified atom stereocenters. The molecule has 0 heterocycles. The minimum absolute atomic E-state index is 0.380. The van der Waals surface area contributed by atoms with Crippen molar-refractivity contribution in [3.8, 4) is 6.07 Å². The number of hydrogen-bond acceptors (Lipinski definition) is 3. The van der Waals surface area contributed by atoms with Crippen LogP contribution in [0.3, 0.4) is 0 Å². The zero-order valence-electron chi connectivity index (χ0n) is 11.2. The van der Waals surface area contributed by atoms with Crippen molar-refractivity contribution in [2.24, 2.45) is 5.41 Å². The lowest BCUT2D eigenvalue weighted by molar-refractivity contribution is -0.150. The van der Waals surface area contributed by atoms with Gasteiger partial charge >= 0.3 is 5.97 Å². The van der Waals surface area contributed by atoms with Crippen molar-refractivity contribution in [2.45, 2.75) is 32.1 Å². The molecule has 0 amide bonds. The summed E-state index contributed by atoms with van der Waals surface area (Å²) in [4.78, 5) is 11.6. The highest BCUT2D eigenvalue weighted by molar-refractivity contribution is 6.32. The van der Waals surface area contributed by atoms with Gasteiger partial charge in [0.25, 0.3) is 0 Å². The summed E-state index contributed by atoms with van der Waals surface area (Å²) in [6, 6.07) is 7.06. The Balaban J connectivity index is 2.08. The van der Waals surface area contributed by atoms with Crippen molar-refractivity contribution >= 4 is 23.3 Å². The number of halogens is 1. The normalized spacial score (nSPS) is 17.2. The molecular formula is C15H17ClN2O2. The second-order valence-corrected chi connectivity index (χ2v) is 5.71. The predicted octanol–water partition coefficient (Wildman–Crippen LogP) is 3.66. The summed E-state index contributed by atoms with van der Waals surface area (Å²) in [5, 5.41) is 21.9. The monoisotopic (exact) mass is 292 g/mol. The first-order valence-corrected chi connectivity index (χ1v) is 7.12. The van der Waals surface area contributed by atoms with E-state index in [0.717, 1.165) is 24.9 Å². The van der Waals surface area contributed by atoms with E-state index in [4.69, 9.17) is 16.9 Å². The zero-order chi connectivity index (χ0) is 14.6. The van der Waals surface area contributed by atoms with Crippen LogP contribution in [0.25, 0.3) is 0 Å². The second-order valence-electron chi connectivity index (χ2n) is 5.31. The van der Waals surface area contributed by atoms with Crippen LogP contribution in [0.1, 0.15) is 37.7 Å². The average molecular weight is 293 g/mol. The van der Waals surface area contributed by atoms with Gasteiger partial charge in [0.05, 0.1) is 16.0 Å². The van der Waals surface area contributed by atoms with Crippen LogP contribution in [0.4, 0.5) is 5.69 Å². The van der Waals surface area contributed by atoms with Crippen LogP contribution in [-0.4, -0.2) is 17.6 Å². The predicted molar refractivity (Wildman–Crippen MR) is 77.8 cm³/mol. The maximum absolute atomic E-state index is 11.6. The Morgan fingerprint density at radius 1 is 1.40 bits per heavy atom. The van der Waals surface area contributed by atoms with Crippen molar-refractivity contribution < 1.29 is 9.90 Å². The molecule has 2 rings (SSSR count). The lowest BCUT2D eigenvalue weighted by atomic mass is 9.74. The quantitative estimate of drug-likeness (QED) is 0.888. The van der Waals surface area contributed by atoms with E-state index >= 15 is 0 Å². The Hall–Kier alpha value is -1.73. The molecule has 0 saturated heterocycles. The van der Waals surface area contributed by atoms with E-state index < -0.39 is 11.4 Å². The molecule has 0 spiro atoms. The number of anilines is 1. The number of carboxylic acid groups (broad SMARTS) is 1. The van der Waals surface area contributed by atoms with Crippen molar-refractivity contribution in [2.75, 3.05) is 11.9 Å². The van der Waals surface area contributed by atoms with Crippen LogP contribution in [0, 0.1) is 16.7 Å². The minimum Gasteiger partial charge on any atom is -0.481 e. The topological polar surface area (TPSA) is 73.1 Å². The first-order valence-electron chi connectivity index (χ1n) is 6.74. The third-order valence-electron chi connectivity index (χ3n) is 3.98. The van der Waals surface area contributed by atoms with Crippen LogP contribution in [-0.2, 0) is 4.79 Å². The fourth-order valence-electron chi connectivity index (χ4n) is 2.68. The summed E-state index contributed by atoms with van der Waals surface area (Å²) in [6.07, 6.45) is 4.45. The van der Waals surface area contributed by atoms with Crippen LogP contribution in [0.5, 0.6) is 0 Å². The number of nitrogens with zero attached hydrogens (tertiary/aromatic N) is 1. The van der Waals surface area contributed by atoms with Gasteiger partial charge in [-0.1, -0.05) is 30.9 Å². The first-order chi connectivity index (χ1) is 9.57. The SMILES string of the molecule is N#Cc1ccc(NCC2(C(=O)O)CCCCC2)cc1Cl. The molecule has 1 aromatic rings. The van der Waals surface area contributed by atoms with Gasteiger partial charge in [-0.25, -0.2) is 0 Å². The number of rotatable bonds is 4. The molecule has 0 radical (unpaired) electrons. The maximum Gasteiger partial charge on any atom is 0.311 e. The zero-order valence-corrected chi connectivity index (χ0v) is 11.9. The van der Waals surface area contributed by atoms with Gasteiger partial charge in [-0.05, 0) is 31.0 Å². The smallest absolute Gasteiger partial charge is 0.311 e. The summed E-state index contributed by atoms with van der Waals surface area (Å²) in [5.74, 6) is -0.732. The number of carbonyl (C=O) groups is 1. The number of nitriles is 1. The lowest BCUT2D eigenvalue weighted by Crippen LogP contribution is -2.39. The van der Waals surface area contributed by atoms with Gasteiger partial charge in [0.2, 0.25) is 0 Å². The van der Waals surface area contributed by atoms with Crippen LogP contribution in [0.15, 0.2) is 18.2 Å². The standard InChI is InChI=1S/C15H17ClN2O2/c16-13-8-12(5-4-11(13)9-17)18-10-15(14(19)20)6-2-1-3-7-15/h4-5,8,18H,1-3,6-7,10H2,(H,19,20). The van der Waals surface area contributed by atoms with E-state index in [0.29, 0.717) is 30.0 Å². The number of nitrogens with one attached hydrogen (secondary N) is 1. The van der Waals surface area contributed by atoms with Gasteiger partial charge in [-0.3, -0.25) is 4.79 Å². The molecular weight excluding hydrogens is 276 g/mol. The molecule has 0 atom stereocenters. The van der Waals surface area contributed by atoms with Gasteiger partial charge in [0, 0.05) is 12.2 Å². The molecule has 1 fully saturated rings. The van der Waals surface area contributed by atoms with Crippen molar-refractivity contribution in [1.82, 2.24) is 0 Å². The third-order valence-corrected chi connectivity index (χ3v) is 4.30. The summed E-state index contributed by atoms with van der Waals surface area (Å²) >= 11 is 5.97. The highest BCUT2D eigenvalue weighted by Crippen LogP contribution is 2.37. The van der Waals surface area contributed by atoms with Crippen molar-refractivity contribution in [3.05, 3.63) is 28.8 Å². The Morgan fingerprint density at radius 2 is 2.10 bits per heavy atom. The third kappa shape index (κ3) is 3.05. The molecule has 0 aromatic heterocycles. The highest BCUT2D eigenvalue weighted by Gasteiger charge is 2.39. The van der Waals surface area contributed by atoms with E-state index in [9.17, 15) is 9.90 Å². The van der Waals surface area contributed by atoms with E-state index in [2.05, 4.69) is 5.32 Å². The summed E-state index contributed by atoms with van der Waals surface area (Å²) in [7, 11) is 0. The molecule has 106 valence electrons. The number of hydrogen-bond donors (Lipinski definition) is 2. The second kappa shape index (κ2) is 6.15. The van der Waals surface area contributed by atoms with Crippen molar-refractivity contribution in [1.29, 1.82) is 5.26 Å². The molecule has 1 saturated carbocycles. The van der Waals surface area contributed by atoms with Gasteiger partial charge in [0.1, 0.15) is 6.07 Å². The minimum atomic E-state index is -0.732. The Morgan fingerprint density at radius 3 is 2.65 bits per heavy atom.